The maximum atomic E-state index is 13.2. The summed E-state index contributed by atoms with van der Waals surface area (Å²) in [5.41, 5.74) is 8.71. The normalized spacial score (nSPS) is 12.8. The molecular formula is C13H15FN2S. The second-order valence-corrected chi connectivity index (χ2v) is 5.40. The number of rotatable bonds is 2. The smallest absolute Gasteiger partial charge is 0.126 e. The van der Waals surface area contributed by atoms with Crippen LogP contribution in [-0.4, -0.2) is 4.98 Å². The number of nitrogens with zero attached hydrogens (tertiary/aromatic N) is 1. The summed E-state index contributed by atoms with van der Waals surface area (Å²) in [7, 11) is 0. The molecule has 1 heterocycles. The van der Waals surface area contributed by atoms with Gasteiger partial charge in [-0.2, -0.15) is 0 Å². The molecule has 2 rings (SSSR count). The molecule has 1 unspecified atom stereocenters. The minimum Gasteiger partial charge on any atom is -0.320 e. The van der Waals surface area contributed by atoms with Gasteiger partial charge in [-0.1, -0.05) is 12.1 Å². The Morgan fingerprint density at radius 3 is 2.53 bits per heavy atom. The number of hydrogen-bond acceptors (Lipinski definition) is 3. The van der Waals surface area contributed by atoms with Gasteiger partial charge in [0.25, 0.3) is 0 Å². The molecule has 0 radical (unpaired) electrons. The van der Waals surface area contributed by atoms with E-state index in [1.165, 1.54) is 6.07 Å². The summed E-state index contributed by atoms with van der Waals surface area (Å²) in [6, 6.07) is 4.78. The molecule has 17 heavy (non-hydrogen) atoms. The van der Waals surface area contributed by atoms with Crippen LogP contribution in [0, 0.1) is 26.6 Å². The van der Waals surface area contributed by atoms with Gasteiger partial charge < -0.3 is 5.73 Å². The quantitative estimate of drug-likeness (QED) is 0.888. The van der Waals surface area contributed by atoms with Crippen LogP contribution < -0.4 is 5.73 Å². The average Bonchev–Trinajstić information content (AvgIpc) is 2.61. The minimum atomic E-state index is -0.222. The highest BCUT2D eigenvalue weighted by Gasteiger charge is 2.16. The van der Waals surface area contributed by atoms with Gasteiger partial charge in [-0.3, -0.25) is 0 Å². The first kappa shape index (κ1) is 12.2. The lowest BCUT2D eigenvalue weighted by atomic mass is 10.0. The van der Waals surface area contributed by atoms with Crippen LogP contribution in [0.4, 0.5) is 4.39 Å². The molecule has 0 saturated heterocycles. The van der Waals surface area contributed by atoms with Crippen LogP contribution in [0.1, 0.15) is 32.7 Å². The summed E-state index contributed by atoms with van der Waals surface area (Å²) in [6.45, 7) is 5.66. The molecule has 0 spiro atoms. The molecule has 4 heteroatoms. The molecule has 90 valence electrons. The van der Waals surface area contributed by atoms with Crippen molar-refractivity contribution in [3.8, 4) is 0 Å². The van der Waals surface area contributed by atoms with Crippen LogP contribution in [-0.2, 0) is 0 Å². The molecular weight excluding hydrogens is 235 g/mol. The summed E-state index contributed by atoms with van der Waals surface area (Å²) in [4.78, 5) is 5.41. The molecule has 0 bridgehead atoms. The highest BCUT2D eigenvalue weighted by atomic mass is 32.1. The van der Waals surface area contributed by atoms with Crippen molar-refractivity contribution >= 4 is 11.3 Å². The monoisotopic (exact) mass is 250 g/mol. The Balaban J connectivity index is 2.40. The summed E-state index contributed by atoms with van der Waals surface area (Å²) < 4.78 is 13.2. The highest BCUT2D eigenvalue weighted by molar-refractivity contribution is 7.11. The first-order valence-corrected chi connectivity index (χ1v) is 6.26. The van der Waals surface area contributed by atoms with Gasteiger partial charge in [-0.15, -0.1) is 11.3 Å². The Hall–Kier alpha value is -1.26. The Morgan fingerprint density at radius 1 is 1.29 bits per heavy atom. The largest absolute Gasteiger partial charge is 0.320 e. The predicted octanol–water partition coefficient (Wildman–Crippen LogP) is 3.26. The second kappa shape index (κ2) is 4.55. The van der Waals surface area contributed by atoms with Gasteiger partial charge in [0.2, 0.25) is 0 Å². The van der Waals surface area contributed by atoms with Crippen LogP contribution in [0.3, 0.4) is 0 Å². The third-order valence-corrected chi connectivity index (χ3v) is 3.92. The number of thiazole rings is 1. The number of halogens is 1. The van der Waals surface area contributed by atoms with Crippen LogP contribution in [0.5, 0.6) is 0 Å². The molecule has 1 aromatic carbocycles. The zero-order chi connectivity index (χ0) is 12.6. The van der Waals surface area contributed by atoms with Crippen LogP contribution in [0.25, 0.3) is 0 Å². The van der Waals surface area contributed by atoms with Crippen LogP contribution in [0.15, 0.2) is 18.2 Å². The van der Waals surface area contributed by atoms with E-state index in [9.17, 15) is 4.39 Å². The summed E-state index contributed by atoms with van der Waals surface area (Å²) in [5.74, 6) is -0.196. The van der Waals surface area contributed by atoms with E-state index in [4.69, 9.17) is 5.73 Å². The van der Waals surface area contributed by atoms with E-state index in [2.05, 4.69) is 4.98 Å². The van der Waals surface area contributed by atoms with E-state index in [1.54, 1.807) is 30.4 Å². The van der Waals surface area contributed by atoms with Gasteiger partial charge >= 0.3 is 0 Å². The lowest BCUT2D eigenvalue weighted by molar-refractivity contribution is 0.617. The van der Waals surface area contributed by atoms with Gasteiger partial charge in [-0.25, -0.2) is 9.37 Å². The number of aryl methyl sites for hydroxylation is 3. The third-order valence-electron chi connectivity index (χ3n) is 2.76. The van der Waals surface area contributed by atoms with Crippen molar-refractivity contribution in [2.24, 2.45) is 5.73 Å². The molecule has 0 saturated carbocycles. The van der Waals surface area contributed by atoms with Gasteiger partial charge in [-0.05, 0) is 38.0 Å². The number of hydrogen-bond donors (Lipinski definition) is 1. The van der Waals surface area contributed by atoms with E-state index >= 15 is 0 Å². The summed E-state index contributed by atoms with van der Waals surface area (Å²) in [6.07, 6.45) is 0. The lowest BCUT2D eigenvalue weighted by Crippen LogP contribution is -2.11. The van der Waals surface area contributed by atoms with E-state index in [0.29, 0.717) is 5.56 Å². The zero-order valence-electron chi connectivity index (χ0n) is 10.1. The first-order valence-electron chi connectivity index (χ1n) is 5.44. The lowest BCUT2D eigenvalue weighted by Gasteiger charge is -2.11. The third kappa shape index (κ3) is 2.37. The van der Waals surface area contributed by atoms with E-state index in [1.807, 2.05) is 13.8 Å². The van der Waals surface area contributed by atoms with Gasteiger partial charge in [0.15, 0.2) is 0 Å². The van der Waals surface area contributed by atoms with E-state index in [0.717, 1.165) is 21.1 Å². The molecule has 0 aliphatic heterocycles. The maximum Gasteiger partial charge on any atom is 0.126 e. The molecule has 2 nitrogen and oxygen atoms in total. The zero-order valence-corrected chi connectivity index (χ0v) is 10.9. The van der Waals surface area contributed by atoms with Crippen molar-refractivity contribution < 1.29 is 4.39 Å². The summed E-state index contributed by atoms with van der Waals surface area (Å²) in [5, 5.41) is 1.01. The Kier molecular flexibility index (Phi) is 3.26. The van der Waals surface area contributed by atoms with Crippen molar-refractivity contribution in [2.45, 2.75) is 26.8 Å². The Labute approximate surface area is 104 Å². The summed E-state index contributed by atoms with van der Waals surface area (Å²) >= 11 is 1.60. The van der Waals surface area contributed by atoms with Crippen LogP contribution in [0.2, 0.25) is 0 Å². The van der Waals surface area contributed by atoms with Crippen molar-refractivity contribution in [2.75, 3.05) is 0 Å². The topological polar surface area (TPSA) is 38.9 Å². The highest BCUT2D eigenvalue weighted by Crippen LogP contribution is 2.28. The number of benzene rings is 1. The fraction of sp³-hybridized carbons (Fsp3) is 0.308. The molecule has 1 atom stereocenters. The predicted molar refractivity (Wildman–Crippen MR) is 68.8 cm³/mol. The first-order chi connectivity index (χ1) is 7.99. The number of aromatic nitrogens is 1. The van der Waals surface area contributed by atoms with Gasteiger partial charge in [0.1, 0.15) is 5.82 Å². The Morgan fingerprint density at radius 2 is 2.00 bits per heavy atom. The standard InChI is InChI=1S/C13H15FN2S/c1-7-6-10(4-5-11(7)14)12(15)13-8(2)16-9(3)17-13/h4-6,12H,15H2,1-3H3. The SMILES string of the molecule is Cc1nc(C)c(C(N)c2ccc(F)c(C)c2)s1. The minimum absolute atomic E-state index is 0.196. The van der Waals surface area contributed by atoms with Crippen molar-refractivity contribution in [3.05, 3.63) is 50.7 Å². The molecule has 1 aromatic heterocycles. The van der Waals surface area contributed by atoms with E-state index in [-0.39, 0.29) is 11.9 Å². The molecule has 2 N–H and O–H groups in total. The molecule has 0 fully saturated rings. The fourth-order valence-corrected chi connectivity index (χ4v) is 2.81. The fourth-order valence-electron chi connectivity index (χ4n) is 1.85. The molecule has 2 aromatic rings. The van der Waals surface area contributed by atoms with Crippen LogP contribution >= 0.6 is 11.3 Å². The van der Waals surface area contributed by atoms with Crippen molar-refractivity contribution in [3.63, 3.8) is 0 Å². The maximum absolute atomic E-state index is 13.2. The molecule has 0 aliphatic carbocycles. The Bertz CT molecular complexity index is 548. The average molecular weight is 250 g/mol. The van der Waals surface area contributed by atoms with Crippen molar-refractivity contribution in [1.82, 2.24) is 4.98 Å². The second-order valence-electron chi connectivity index (χ2n) is 4.17. The molecule has 0 amide bonds. The van der Waals surface area contributed by atoms with Gasteiger partial charge in [0, 0.05) is 4.88 Å². The van der Waals surface area contributed by atoms with Gasteiger partial charge in [0.05, 0.1) is 16.7 Å². The van der Waals surface area contributed by atoms with Crippen molar-refractivity contribution in [1.29, 1.82) is 0 Å². The number of nitrogens with two attached hydrogens (primary N) is 1. The van der Waals surface area contributed by atoms with E-state index < -0.39 is 0 Å². The molecule has 0 aliphatic rings.